The van der Waals surface area contributed by atoms with E-state index >= 15 is 0 Å². The summed E-state index contributed by atoms with van der Waals surface area (Å²) in [4.78, 5) is 21.9. The largest absolute Gasteiger partial charge is 0.459 e. The van der Waals surface area contributed by atoms with Gasteiger partial charge in [-0.05, 0) is 44.3 Å². The minimum atomic E-state index is -0.257. The molecule has 4 rings (SSSR count). The zero-order chi connectivity index (χ0) is 18.8. The molecule has 1 aliphatic rings. The van der Waals surface area contributed by atoms with E-state index in [-0.39, 0.29) is 5.91 Å². The smallest absolute Gasteiger partial charge is 0.291 e. The van der Waals surface area contributed by atoms with Crippen LogP contribution in [-0.2, 0) is 13.1 Å². The van der Waals surface area contributed by atoms with Crippen LogP contribution < -0.4 is 5.32 Å². The van der Waals surface area contributed by atoms with Gasteiger partial charge in [-0.1, -0.05) is 0 Å². The first-order chi connectivity index (χ1) is 13.1. The number of hydrogen-bond acceptors (Lipinski definition) is 5. The van der Waals surface area contributed by atoms with Gasteiger partial charge in [0.05, 0.1) is 23.8 Å². The Morgan fingerprint density at radius 1 is 1.22 bits per heavy atom. The number of nitrogens with zero attached hydrogens (tertiary/aromatic N) is 4. The molecule has 0 atom stereocenters. The molecule has 0 saturated carbocycles. The Kier molecular flexibility index (Phi) is 4.96. The van der Waals surface area contributed by atoms with Gasteiger partial charge >= 0.3 is 0 Å². The highest BCUT2D eigenvalue weighted by Gasteiger charge is 2.18. The predicted molar refractivity (Wildman–Crippen MR) is 105 cm³/mol. The Bertz CT molecular complexity index is 923. The second-order valence-corrected chi connectivity index (χ2v) is 6.99. The molecule has 0 aliphatic carbocycles. The number of likely N-dealkylation sites (N-methyl/N-ethyl adjacent to an activating group) is 1. The molecular weight excluding hydrogens is 342 g/mol. The SMILES string of the molecule is CCn1c(CN2CCN(C)CC2)nc2cc(NC(=O)c3ccco3)ccc21. The number of piperazine rings is 1. The Morgan fingerprint density at radius 3 is 2.74 bits per heavy atom. The Balaban J connectivity index is 1.55. The van der Waals surface area contributed by atoms with Crippen LogP contribution in [0.1, 0.15) is 23.3 Å². The lowest BCUT2D eigenvalue weighted by Gasteiger charge is -2.32. The van der Waals surface area contributed by atoms with E-state index in [9.17, 15) is 4.79 Å². The van der Waals surface area contributed by atoms with E-state index in [1.54, 1.807) is 12.1 Å². The lowest BCUT2D eigenvalue weighted by Crippen LogP contribution is -2.44. The fourth-order valence-electron chi connectivity index (χ4n) is 3.54. The van der Waals surface area contributed by atoms with Gasteiger partial charge in [0, 0.05) is 38.4 Å². The molecule has 142 valence electrons. The van der Waals surface area contributed by atoms with Crippen molar-refractivity contribution in [1.82, 2.24) is 19.4 Å². The molecule has 1 fully saturated rings. The number of rotatable bonds is 5. The Morgan fingerprint density at radius 2 is 2.04 bits per heavy atom. The average Bonchev–Trinajstić information content (AvgIpc) is 3.31. The number of imidazole rings is 1. The van der Waals surface area contributed by atoms with Crippen molar-refractivity contribution >= 4 is 22.6 Å². The monoisotopic (exact) mass is 367 g/mol. The van der Waals surface area contributed by atoms with Gasteiger partial charge in [0.15, 0.2) is 5.76 Å². The molecule has 2 aromatic heterocycles. The second kappa shape index (κ2) is 7.54. The summed E-state index contributed by atoms with van der Waals surface area (Å²) in [6, 6.07) is 9.21. The zero-order valence-electron chi connectivity index (χ0n) is 15.8. The number of carbonyl (C=O) groups excluding carboxylic acids is 1. The molecule has 1 N–H and O–H groups in total. The van der Waals surface area contributed by atoms with Crippen LogP contribution in [-0.4, -0.2) is 58.5 Å². The van der Waals surface area contributed by atoms with E-state index < -0.39 is 0 Å². The van der Waals surface area contributed by atoms with Crippen LogP contribution in [0.4, 0.5) is 5.69 Å². The van der Waals surface area contributed by atoms with E-state index in [0.717, 1.165) is 61.8 Å². The lowest BCUT2D eigenvalue weighted by atomic mass is 10.2. The van der Waals surface area contributed by atoms with Gasteiger partial charge in [-0.25, -0.2) is 4.98 Å². The third-order valence-corrected chi connectivity index (χ3v) is 5.11. The molecule has 0 bridgehead atoms. The van der Waals surface area contributed by atoms with Crippen molar-refractivity contribution in [2.24, 2.45) is 0 Å². The minimum absolute atomic E-state index is 0.257. The number of anilines is 1. The van der Waals surface area contributed by atoms with E-state index in [2.05, 4.69) is 33.7 Å². The van der Waals surface area contributed by atoms with Crippen LogP contribution in [0.15, 0.2) is 41.0 Å². The van der Waals surface area contributed by atoms with Crippen molar-refractivity contribution < 1.29 is 9.21 Å². The summed E-state index contributed by atoms with van der Waals surface area (Å²) in [6.45, 7) is 8.18. The topological polar surface area (TPSA) is 66.5 Å². The highest BCUT2D eigenvalue weighted by Crippen LogP contribution is 2.22. The van der Waals surface area contributed by atoms with Crippen LogP contribution >= 0.6 is 0 Å². The van der Waals surface area contributed by atoms with Crippen molar-refractivity contribution in [3.8, 4) is 0 Å². The molecule has 3 heterocycles. The Hall–Kier alpha value is -2.64. The summed E-state index contributed by atoms with van der Waals surface area (Å²) in [5, 5.41) is 2.87. The fraction of sp³-hybridized carbons (Fsp3) is 0.400. The molecule has 1 aromatic carbocycles. The van der Waals surface area contributed by atoms with Crippen molar-refractivity contribution in [2.45, 2.75) is 20.0 Å². The molecule has 7 nitrogen and oxygen atoms in total. The zero-order valence-corrected chi connectivity index (χ0v) is 15.8. The molecule has 3 aromatic rings. The maximum Gasteiger partial charge on any atom is 0.291 e. The summed E-state index contributed by atoms with van der Waals surface area (Å²) < 4.78 is 7.40. The van der Waals surface area contributed by atoms with Gasteiger partial charge in [-0.15, -0.1) is 0 Å². The van der Waals surface area contributed by atoms with Crippen LogP contribution in [0, 0.1) is 0 Å². The van der Waals surface area contributed by atoms with E-state index in [4.69, 9.17) is 9.40 Å². The maximum absolute atomic E-state index is 12.2. The molecular formula is C20H25N5O2. The van der Waals surface area contributed by atoms with Gasteiger partial charge in [0.2, 0.25) is 0 Å². The van der Waals surface area contributed by atoms with E-state index in [1.165, 1.54) is 6.26 Å². The number of nitrogens with one attached hydrogen (secondary N) is 1. The third-order valence-electron chi connectivity index (χ3n) is 5.11. The molecule has 7 heteroatoms. The fourth-order valence-corrected chi connectivity index (χ4v) is 3.54. The first kappa shape index (κ1) is 17.8. The van der Waals surface area contributed by atoms with Gasteiger partial charge in [-0.2, -0.15) is 0 Å². The minimum Gasteiger partial charge on any atom is -0.459 e. The van der Waals surface area contributed by atoms with Crippen LogP contribution in [0.5, 0.6) is 0 Å². The van der Waals surface area contributed by atoms with Crippen molar-refractivity contribution in [2.75, 3.05) is 38.5 Å². The quantitative estimate of drug-likeness (QED) is 0.751. The number of aromatic nitrogens is 2. The number of amides is 1. The van der Waals surface area contributed by atoms with Crippen LogP contribution in [0.2, 0.25) is 0 Å². The summed E-state index contributed by atoms with van der Waals surface area (Å²) in [6.07, 6.45) is 1.49. The number of benzene rings is 1. The summed E-state index contributed by atoms with van der Waals surface area (Å²) in [7, 11) is 2.16. The van der Waals surface area contributed by atoms with Crippen molar-refractivity contribution in [3.63, 3.8) is 0 Å². The highest BCUT2D eigenvalue weighted by molar-refractivity contribution is 6.03. The molecule has 1 saturated heterocycles. The predicted octanol–water partition coefficient (Wildman–Crippen LogP) is 2.65. The molecule has 0 spiro atoms. The van der Waals surface area contributed by atoms with Gasteiger partial charge in [-0.3, -0.25) is 9.69 Å². The summed E-state index contributed by atoms with van der Waals surface area (Å²) in [5.74, 6) is 1.11. The van der Waals surface area contributed by atoms with E-state index in [1.807, 2.05) is 18.2 Å². The Labute approximate surface area is 158 Å². The van der Waals surface area contributed by atoms with Crippen molar-refractivity contribution in [1.29, 1.82) is 0 Å². The normalized spacial score (nSPS) is 16.1. The van der Waals surface area contributed by atoms with Crippen LogP contribution in [0.3, 0.4) is 0 Å². The molecule has 0 unspecified atom stereocenters. The molecule has 1 amide bonds. The van der Waals surface area contributed by atoms with E-state index in [0.29, 0.717) is 5.76 Å². The molecule has 1 aliphatic heterocycles. The third kappa shape index (κ3) is 3.74. The van der Waals surface area contributed by atoms with Gasteiger partial charge in [0.25, 0.3) is 5.91 Å². The average molecular weight is 367 g/mol. The number of fused-ring (bicyclic) bond motifs is 1. The van der Waals surface area contributed by atoms with Gasteiger partial charge < -0.3 is 19.2 Å². The number of furan rings is 1. The lowest BCUT2D eigenvalue weighted by molar-refractivity contribution is 0.0996. The first-order valence-electron chi connectivity index (χ1n) is 9.39. The molecule has 0 radical (unpaired) electrons. The maximum atomic E-state index is 12.2. The second-order valence-electron chi connectivity index (χ2n) is 6.99. The number of carbonyl (C=O) groups is 1. The standard InChI is InChI=1S/C20H25N5O2/c1-3-25-17-7-6-15(21-20(26)18-5-4-12-27-18)13-16(17)22-19(25)14-24-10-8-23(2)9-11-24/h4-7,12-13H,3,8-11,14H2,1-2H3,(H,21,26). The van der Waals surface area contributed by atoms with Crippen LogP contribution in [0.25, 0.3) is 11.0 Å². The number of hydrogen-bond donors (Lipinski definition) is 1. The highest BCUT2D eigenvalue weighted by atomic mass is 16.3. The van der Waals surface area contributed by atoms with Gasteiger partial charge in [0.1, 0.15) is 5.82 Å². The molecule has 27 heavy (non-hydrogen) atoms. The summed E-state index contributed by atoms with van der Waals surface area (Å²) >= 11 is 0. The summed E-state index contributed by atoms with van der Waals surface area (Å²) in [5.41, 5.74) is 2.71. The first-order valence-corrected chi connectivity index (χ1v) is 9.39. The number of aryl methyl sites for hydroxylation is 1. The van der Waals surface area contributed by atoms with Crippen molar-refractivity contribution in [3.05, 3.63) is 48.2 Å².